The Morgan fingerprint density at radius 1 is 0.917 bits per heavy atom. The maximum Gasteiger partial charge on any atom is 0.170 e. The van der Waals surface area contributed by atoms with Crippen LogP contribution in [0.1, 0.15) is 24.2 Å². The molecule has 2 aromatic carbocycles. The summed E-state index contributed by atoms with van der Waals surface area (Å²) < 4.78 is 1.82. The van der Waals surface area contributed by atoms with E-state index < -0.39 is 0 Å². The molecule has 0 atom stereocenters. The van der Waals surface area contributed by atoms with Crippen LogP contribution >= 0.6 is 0 Å². The van der Waals surface area contributed by atoms with Gasteiger partial charge in [-0.25, -0.2) is 4.98 Å². The summed E-state index contributed by atoms with van der Waals surface area (Å²) in [6.45, 7) is 3.83. The minimum Gasteiger partial charge on any atom is -0.388 e. The third kappa shape index (κ3) is 4.26. The van der Waals surface area contributed by atoms with Gasteiger partial charge in [0, 0.05) is 29.3 Å². The predicted molar refractivity (Wildman–Crippen MR) is 142 cm³/mol. The predicted octanol–water partition coefficient (Wildman–Crippen LogP) is 4.27. The van der Waals surface area contributed by atoms with Crippen LogP contribution in [0.2, 0.25) is 0 Å². The van der Waals surface area contributed by atoms with E-state index in [2.05, 4.69) is 57.6 Å². The third-order valence-electron chi connectivity index (χ3n) is 7.34. The van der Waals surface area contributed by atoms with E-state index in [0.717, 1.165) is 59.5 Å². The summed E-state index contributed by atoms with van der Waals surface area (Å²) in [5.74, 6) is 1.19. The molecule has 0 bridgehead atoms. The fourth-order valence-electron chi connectivity index (χ4n) is 5.21. The monoisotopic (exact) mass is 478 g/mol. The average Bonchev–Trinajstić information content (AvgIpc) is 3.37. The van der Waals surface area contributed by atoms with Crippen molar-refractivity contribution in [3.05, 3.63) is 84.3 Å². The second-order valence-corrected chi connectivity index (χ2v) is 9.62. The van der Waals surface area contributed by atoms with Crippen LogP contribution in [-0.2, 0) is 13.2 Å². The zero-order valence-corrected chi connectivity index (χ0v) is 20.2. The number of hydrogen-bond acceptors (Lipinski definition) is 6. The maximum atomic E-state index is 9.62. The molecule has 7 nitrogen and oxygen atoms in total. The van der Waals surface area contributed by atoms with Crippen molar-refractivity contribution in [1.82, 2.24) is 24.5 Å². The second-order valence-electron chi connectivity index (χ2n) is 9.62. The topological polar surface area (TPSA) is 92.6 Å². The Kier molecular flexibility index (Phi) is 6.19. The van der Waals surface area contributed by atoms with Gasteiger partial charge < -0.3 is 10.8 Å². The molecule has 0 unspecified atom stereocenters. The van der Waals surface area contributed by atoms with Crippen LogP contribution in [0.25, 0.3) is 38.9 Å². The molecule has 0 amide bonds. The number of nitrogens with two attached hydrogens (primary N) is 1. The first-order valence-electron chi connectivity index (χ1n) is 12.6. The van der Waals surface area contributed by atoms with Gasteiger partial charge in [-0.1, -0.05) is 54.6 Å². The second kappa shape index (κ2) is 9.78. The quantitative estimate of drug-likeness (QED) is 0.379. The zero-order chi connectivity index (χ0) is 24.5. The van der Waals surface area contributed by atoms with Gasteiger partial charge in [-0.3, -0.25) is 9.30 Å². The third-order valence-corrected chi connectivity index (χ3v) is 7.34. The molecule has 1 aliphatic rings. The molecule has 0 aliphatic carbocycles. The summed E-state index contributed by atoms with van der Waals surface area (Å²) in [6.07, 6.45) is 4.25. The van der Waals surface area contributed by atoms with E-state index in [1.54, 1.807) is 0 Å². The van der Waals surface area contributed by atoms with Crippen molar-refractivity contribution >= 4 is 16.6 Å². The fraction of sp³-hybridized carbons (Fsp3) is 0.276. The standard InChI is InChI=1S/C29H30N6O/c30-17-20-10-13-34(14-11-20)18-21-6-8-23(9-7-21)28-24(22-4-2-1-3-5-22)16-25-26(31-28)12-15-35-27(19-36)32-33-29(25)35/h1-9,12,15-16,20,36H,10-11,13-14,17-19,30H2. The Bertz CT molecular complexity index is 1490. The molecule has 5 aromatic rings. The van der Waals surface area contributed by atoms with E-state index in [4.69, 9.17) is 10.7 Å². The number of pyridine rings is 2. The molecular formula is C29H30N6O. The number of aliphatic hydroxyl groups is 1. The SMILES string of the molecule is NCC1CCN(Cc2ccc(-c3nc4ccn5c(CO)nnc5c4cc3-c3ccccc3)cc2)CC1. The molecule has 7 heteroatoms. The summed E-state index contributed by atoms with van der Waals surface area (Å²) >= 11 is 0. The molecule has 3 N–H and O–H groups in total. The summed E-state index contributed by atoms with van der Waals surface area (Å²) in [4.78, 5) is 7.63. The Morgan fingerprint density at radius 3 is 2.42 bits per heavy atom. The Hall–Kier alpha value is -3.65. The molecule has 6 rings (SSSR count). The number of aliphatic hydroxyl groups excluding tert-OH is 1. The molecule has 4 heterocycles. The van der Waals surface area contributed by atoms with Gasteiger partial charge in [-0.15, -0.1) is 10.2 Å². The Balaban J connectivity index is 1.38. The smallest absolute Gasteiger partial charge is 0.170 e. The summed E-state index contributed by atoms with van der Waals surface area (Å²) in [7, 11) is 0. The van der Waals surface area contributed by atoms with Crippen molar-refractivity contribution in [2.24, 2.45) is 11.7 Å². The van der Waals surface area contributed by atoms with Gasteiger partial charge >= 0.3 is 0 Å². The first-order chi connectivity index (χ1) is 17.7. The van der Waals surface area contributed by atoms with Crippen LogP contribution in [0, 0.1) is 5.92 Å². The highest BCUT2D eigenvalue weighted by atomic mass is 16.3. The van der Waals surface area contributed by atoms with Crippen molar-refractivity contribution in [3.63, 3.8) is 0 Å². The lowest BCUT2D eigenvalue weighted by molar-refractivity contribution is 0.180. The molecule has 36 heavy (non-hydrogen) atoms. The van der Waals surface area contributed by atoms with Crippen LogP contribution in [-0.4, -0.2) is 49.2 Å². The number of hydrogen-bond donors (Lipinski definition) is 2. The van der Waals surface area contributed by atoms with Crippen molar-refractivity contribution in [2.45, 2.75) is 26.0 Å². The molecule has 1 aliphatic heterocycles. The van der Waals surface area contributed by atoms with Gasteiger partial charge in [0.05, 0.1) is 11.2 Å². The van der Waals surface area contributed by atoms with E-state index in [0.29, 0.717) is 17.4 Å². The molecule has 0 saturated carbocycles. The first-order valence-corrected chi connectivity index (χ1v) is 12.6. The van der Waals surface area contributed by atoms with Gasteiger partial charge in [-0.05, 0) is 61.7 Å². The van der Waals surface area contributed by atoms with E-state index in [-0.39, 0.29) is 6.61 Å². The highest BCUT2D eigenvalue weighted by molar-refractivity contribution is 5.98. The number of benzene rings is 2. The lowest BCUT2D eigenvalue weighted by Crippen LogP contribution is -2.35. The highest BCUT2D eigenvalue weighted by Gasteiger charge is 2.19. The lowest BCUT2D eigenvalue weighted by atomic mass is 9.96. The summed E-state index contributed by atoms with van der Waals surface area (Å²) in [5, 5.41) is 19.0. The largest absolute Gasteiger partial charge is 0.388 e. The molecule has 1 fully saturated rings. The number of fused-ring (bicyclic) bond motifs is 3. The molecule has 0 spiro atoms. The van der Waals surface area contributed by atoms with Gasteiger partial charge in [0.2, 0.25) is 0 Å². The van der Waals surface area contributed by atoms with Crippen LogP contribution in [0.4, 0.5) is 0 Å². The number of nitrogens with zero attached hydrogens (tertiary/aromatic N) is 5. The molecular weight excluding hydrogens is 448 g/mol. The van der Waals surface area contributed by atoms with E-state index >= 15 is 0 Å². The maximum absolute atomic E-state index is 9.62. The molecule has 1 saturated heterocycles. The van der Waals surface area contributed by atoms with Crippen LogP contribution in [0.15, 0.2) is 72.9 Å². The van der Waals surface area contributed by atoms with Crippen LogP contribution < -0.4 is 5.73 Å². The van der Waals surface area contributed by atoms with Gasteiger partial charge in [-0.2, -0.15) is 0 Å². The van der Waals surface area contributed by atoms with Crippen LogP contribution in [0.5, 0.6) is 0 Å². The average molecular weight is 479 g/mol. The normalized spacial score (nSPS) is 15.2. The van der Waals surface area contributed by atoms with Crippen LogP contribution in [0.3, 0.4) is 0 Å². The number of aromatic nitrogens is 4. The lowest BCUT2D eigenvalue weighted by Gasteiger charge is -2.31. The fourth-order valence-corrected chi connectivity index (χ4v) is 5.21. The van der Waals surface area contributed by atoms with E-state index in [1.165, 1.54) is 18.4 Å². The van der Waals surface area contributed by atoms with Gasteiger partial charge in [0.1, 0.15) is 6.61 Å². The van der Waals surface area contributed by atoms with Gasteiger partial charge in [0.25, 0.3) is 0 Å². The van der Waals surface area contributed by atoms with Crippen molar-refractivity contribution in [2.75, 3.05) is 19.6 Å². The molecule has 3 aromatic heterocycles. The van der Waals surface area contributed by atoms with E-state index in [1.807, 2.05) is 34.9 Å². The van der Waals surface area contributed by atoms with Crippen molar-refractivity contribution in [3.8, 4) is 22.4 Å². The number of likely N-dealkylation sites (tertiary alicyclic amines) is 1. The number of rotatable bonds is 6. The van der Waals surface area contributed by atoms with E-state index in [9.17, 15) is 5.11 Å². The summed E-state index contributed by atoms with van der Waals surface area (Å²) in [5.41, 5.74) is 12.9. The van der Waals surface area contributed by atoms with Gasteiger partial charge in [0.15, 0.2) is 11.5 Å². The first kappa shape index (κ1) is 22.8. The van der Waals surface area contributed by atoms with Crippen molar-refractivity contribution < 1.29 is 5.11 Å². The minimum absolute atomic E-state index is 0.166. The molecule has 0 radical (unpaired) electrons. The Labute approximate surface area is 210 Å². The molecule has 182 valence electrons. The highest BCUT2D eigenvalue weighted by Crippen LogP contribution is 2.34. The number of piperidine rings is 1. The zero-order valence-electron chi connectivity index (χ0n) is 20.2. The Morgan fingerprint density at radius 2 is 1.69 bits per heavy atom. The summed E-state index contributed by atoms with van der Waals surface area (Å²) in [6, 6.07) is 23.2. The van der Waals surface area contributed by atoms with Crippen molar-refractivity contribution in [1.29, 1.82) is 0 Å². The minimum atomic E-state index is -0.166.